The van der Waals surface area contributed by atoms with Crippen molar-refractivity contribution < 1.29 is 9.63 Å². The number of amides is 1. The van der Waals surface area contributed by atoms with E-state index in [4.69, 9.17) is 17.1 Å². The van der Waals surface area contributed by atoms with Crippen LogP contribution in [0.5, 0.6) is 0 Å². The molecule has 21 heavy (non-hydrogen) atoms. The van der Waals surface area contributed by atoms with E-state index in [1.807, 2.05) is 36.7 Å². The highest BCUT2D eigenvalue weighted by Crippen LogP contribution is 2.18. The number of carbonyl (C=O) groups excluding carboxylic acids is 1. The number of hydrogen-bond donors (Lipinski definition) is 1. The molecule has 0 bridgehead atoms. The van der Waals surface area contributed by atoms with Gasteiger partial charge < -0.3 is 4.57 Å². The summed E-state index contributed by atoms with van der Waals surface area (Å²) in [5.41, 5.74) is 2.27. The molecule has 1 aromatic heterocycles. The molecule has 1 aromatic carbocycles. The summed E-state index contributed by atoms with van der Waals surface area (Å²) >= 11 is 6.65. The molecule has 1 heterocycles. The monoisotopic (exact) mass is 321 g/mol. The Hall–Kier alpha value is -1.99. The summed E-state index contributed by atoms with van der Waals surface area (Å²) in [6.45, 7) is 3.73. The lowest BCUT2D eigenvalue weighted by Crippen LogP contribution is -2.11. The zero-order chi connectivity index (χ0) is 15.4. The highest BCUT2D eigenvalue weighted by Gasteiger charge is 2.10. The van der Waals surface area contributed by atoms with E-state index in [9.17, 15) is 4.79 Å². The number of hydrogen-bond acceptors (Lipinski definition) is 5. The molecular formula is C14H15N3O2S2. The number of oxime groups is 1. The van der Waals surface area contributed by atoms with Gasteiger partial charge in [-0.3, -0.25) is 10.2 Å². The number of benzene rings is 1. The van der Waals surface area contributed by atoms with E-state index in [1.54, 1.807) is 19.1 Å². The molecule has 0 spiro atoms. The molecule has 0 aliphatic carbocycles. The molecule has 0 unspecified atom stereocenters. The predicted octanol–water partition coefficient (Wildman–Crippen LogP) is 4.10. The van der Waals surface area contributed by atoms with Crippen molar-refractivity contribution in [2.45, 2.75) is 13.8 Å². The van der Waals surface area contributed by atoms with Crippen LogP contribution in [0, 0.1) is 10.9 Å². The third-order valence-electron chi connectivity index (χ3n) is 2.91. The number of aromatic nitrogens is 1. The lowest BCUT2D eigenvalue weighted by molar-refractivity contribution is 0.166. The quantitative estimate of drug-likeness (QED) is 0.401. The third kappa shape index (κ3) is 3.77. The van der Waals surface area contributed by atoms with Gasteiger partial charge in [-0.15, -0.1) is 11.3 Å². The van der Waals surface area contributed by atoms with Crippen molar-refractivity contribution >= 4 is 41.0 Å². The first-order valence-corrected chi connectivity index (χ1v) is 7.46. The molecule has 0 saturated carbocycles. The summed E-state index contributed by atoms with van der Waals surface area (Å²) in [5, 5.41) is 6.45. The second kappa shape index (κ2) is 6.64. The number of thiazole rings is 1. The largest absolute Gasteiger partial charge is 0.437 e. The normalized spacial score (nSPS) is 11.3. The van der Waals surface area contributed by atoms with Crippen LogP contribution < -0.4 is 5.32 Å². The third-order valence-corrected chi connectivity index (χ3v) is 4.68. The maximum Gasteiger partial charge on any atom is 0.437 e. The Kier molecular flexibility index (Phi) is 4.87. The number of rotatable bonds is 3. The standard InChI is InChI=1S/C14H15N3O2S2/c1-9(12-10(2)17(3)14(20)21-12)16-19-13(18)15-11-7-5-4-6-8-11/h4-8H,1-3H3,(H,15,18)/b16-9-. The maximum absolute atomic E-state index is 11.6. The van der Waals surface area contributed by atoms with Crippen molar-refractivity contribution in [3.63, 3.8) is 0 Å². The Morgan fingerprint density at radius 2 is 2.05 bits per heavy atom. The summed E-state index contributed by atoms with van der Waals surface area (Å²) in [4.78, 5) is 17.4. The van der Waals surface area contributed by atoms with Crippen molar-refractivity contribution in [2.24, 2.45) is 12.2 Å². The van der Waals surface area contributed by atoms with Gasteiger partial charge in [-0.1, -0.05) is 23.4 Å². The van der Waals surface area contributed by atoms with Gasteiger partial charge in [0.05, 0.1) is 10.6 Å². The zero-order valence-corrected chi connectivity index (χ0v) is 13.5. The van der Waals surface area contributed by atoms with Gasteiger partial charge in [0.1, 0.15) is 0 Å². The second-order valence-corrected chi connectivity index (χ2v) is 6.03. The van der Waals surface area contributed by atoms with E-state index in [0.29, 0.717) is 11.4 Å². The Morgan fingerprint density at radius 3 is 2.62 bits per heavy atom. The van der Waals surface area contributed by atoms with Crippen molar-refractivity contribution in [1.82, 2.24) is 4.57 Å². The van der Waals surface area contributed by atoms with E-state index < -0.39 is 6.09 Å². The first-order chi connectivity index (χ1) is 9.99. The van der Waals surface area contributed by atoms with Crippen molar-refractivity contribution in [3.8, 4) is 0 Å². The van der Waals surface area contributed by atoms with Crippen LogP contribution in [0.25, 0.3) is 0 Å². The SMILES string of the molecule is C/C(=N/OC(=O)Nc1ccccc1)c1sc(=S)n(C)c1C. The summed E-state index contributed by atoms with van der Waals surface area (Å²) < 4.78 is 2.66. The van der Waals surface area contributed by atoms with Crippen LogP contribution in [0.2, 0.25) is 0 Å². The Labute approximate surface area is 131 Å². The minimum Gasteiger partial charge on any atom is -0.330 e. The minimum atomic E-state index is -0.627. The zero-order valence-electron chi connectivity index (χ0n) is 11.9. The van der Waals surface area contributed by atoms with Gasteiger partial charge in [0, 0.05) is 18.4 Å². The topological polar surface area (TPSA) is 55.6 Å². The van der Waals surface area contributed by atoms with Crippen molar-refractivity contribution in [2.75, 3.05) is 5.32 Å². The van der Waals surface area contributed by atoms with E-state index in [-0.39, 0.29) is 0 Å². The van der Waals surface area contributed by atoms with Crippen LogP contribution >= 0.6 is 23.6 Å². The van der Waals surface area contributed by atoms with E-state index in [0.717, 1.165) is 14.5 Å². The number of para-hydroxylation sites is 1. The van der Waals surface area contributed by atoms with Gasteiger partial charge >= 0.3 is 6.09 Å². The molecule has 2 rings (SSSR count). The highest BCUT2D eigenvalue weighted by molar-refractivity contribution is 7.73. The molecule has 1 amide bonds. The lowest BCUT2D eigenvalue weighted by Gasteiger charge is -2.03. The first kappa shape index (κ1) is 15.4. The minimum absolute atomic E-state index is 0.618. The van der Waals surface area contributed by atoms with Crippen LogP contribution in [-0.2, 0) is 11.9 Å². The maximum atomic E-state index is 11.6. The summed E-state index contributed by atoms with van der Waals surface area (Å²) in [5.74, 6) is 0. The first-order valence-electron chi connectivity index (χ1n) is 6.23. The van der Waals surface area contributed by atoms with Gasteiger partial charge in [-0.25, -0.2) is 4.79 Å². The molecule has 0 fully saturated rings. The Balaban J connectivity index is 2.05. The average Bonchev–Trinajstić information content (AvgIpc) is 2.73. The molecule has 0 saturated heterocycles. The van der Waals surface area contributed by atoms with Gasteiger partial charge in [0.15, 0.2) is 3.95 Å². The van der Waals surface area contributed by atoms with Crippen LogP contribution in [0.3, 0.4) is 0 Å². The van der Waals surface area contributed by atoms with Crippen LogP contribution in [0.1, 0.15) is 17.5 Å². The van der Waals surface area contributed by atoms with E-state index in [2.05, 4.69) is 10.5 Å². The van der Waals surface area contributed by atoms with Gasteiger partial charge in [-0.05, 0) is 38.2 Å². The summed E-state index contributed by atoms with van der Waals surface area (Å²) in [7, 11) is 1.90. The molecule has 1 N–H and O–H groups in total. The summed E-state index contributed by atoms with van der Waals surface area (Å²) in [6, 6.07) is 9.05. The van der Waals surface area contributed by atoms with Crippen LogP contribution in [0.4, 0.5) is 10.5 Å². The molecule has 0 atom stereocenters. The average molecular weight is 321 g/mol. The fourth-order valence-electron chi connectivity index (χ4n) is 1.67. The Bertz CT molecular complexity index is 732. The fourth-order valence-corrected chi connectivity index (χ4v) is 2.97. The molecule has 110 valence electrons. The highest BCUT2D eigenvalue weighted by atomic mass is 32.1. The molecule has 0 radical (unpaired) electrons. The number of nitrogens with one attached hydrogen (secondary N) is 1. The van der Waals surface area contributed by atoms with Gasteiger partial charge in [-0.2, -0.15) is 0 Å². The number of carbonyl (C=O) groups is 1. The van der Waals surface area contributed by atoms with E-state index >= 15 is 0 Å². The van der Waals surface area contributed by atoms with Gasteiger partial charge in [0.2, 0.25) is 0 Å². The lowest BCUT2D eigenvalue weighted by atomic mass is 10.3. The molecular weight excluding hydrogens is 306 g/mol. The summed E-state index contributed by atoms with van der Waals surface area (Å²) in [6.07, 6.45) is -0.627. The number of anilines is 1. The van der Waals surface area contributed by atoms with Crippen LogP contribution in [0.15, 0.2) is 35.5 Å². The molecule has 7 heteroatoms. The smallest absolute Gasteiger partial charge is 0.330 e. The van der Waals surface area contributed by atoms with Crippen LogP contribution in [-0.4, -0.2) is 16.4 Å². The second-order valence-electron chi connectivity index (χ2n) is 4.39. The molecule has 0 aliphatic heterocycles. The molecule has 5 nitrogen and oxygen atoms in total. The van der Waals surface area contributed by atoms with Gasteiger partial charge in [0.25, 0.3) is 0 Å². The molecule has 2 aromatic rings. The van der Waals surface area contributed by atoms with Crippen molar-refractivity contribution in [1.29, 1.82) is 0 Å². The Morgan fingerprint density at radius 1 is 1.38 bits per heavy atom. The fraction of sp³-hybridized carbons (Fsp3) is 0.214. The predicted molar refractivity (Wildman–Crippen MR) is 87.6 cm³/mol. The van der Waals surface area contributed by atoms with Crippen molar-refractivity contribution in [3.05, 3.63) is 44.9 Å². The van der Waals surface area contributed by atoms with E-state index in [1.165, 1.54) is 11.3 Å². The number of nitrogens with zero attached hydrogens (tertiary/aromatic N) is 2. The molecule has 0 aliphatic rings.